The van der Waals surface area contributed by atoms with Crippen molar-refractivity contribution >= 4 is 12.0 Å². The van der Waals surface area contributed by atoms with Gasteiger partial charge >= 0.3 is 12.0 Å². The summed E-state index contributed by atoms with van der Waals surface area (Å²) >= 11 is 0. The van der Waals surface area contributed by atoms with Gasteiger partial charge in [-0.3, -0.25) is 4.79 Å². The van der Waals surface area contributed by atoms with Gasteiger partial charge in [-0.1, -0.05) is 37.3 Å². The van der Waals surface area contributed by atoms with Gasteiger partial charge in [0.15, 0.2) is 0 Å². The number of carboxylic acids is 1. The van der Waals surface area contributed by atoms with Crippen molar-refractivity contribution in [2.45, 2.75) is 25.7 Å². The Morgan fingerprint density at radius 2 is 2.10 bits per heavy atom. The number of urea groups is 1. The van der Waals surface area contributed by atoms with Crippen LogP contribution in [0.15, 0.2) is 30.3 Å². The molecule has 0 bridgehead atoms. The normalized spacial score (nSPS) is 19.9. The fourth-order valence-corrected chi connectivity index (χ4v) is 2.61. The van der Waals surface area contributed by atoms with Crippen LogP contribution in [0.25, 0.3) is 0 Å². The first-order valence-corrected chi connectivity index (χ1v) is 7.38. The summed E-state index contributed by atoms with van der Waals surface area (Å²) in [5, 5.41) is 12.0. The molecule has 5 heteroatoms. The van der Waals surface area contributed by atoms with Gasteiger partial charge < -0.3 is 15.3 Å². The van der Waals surface area contributed by atoms with Crippen molar-refractivity contribution in [2.24, 2.45) is 5.92 Å². The number of benzene rings is 1. The van der Waals surface area contributed by atoms with Gasteiger partial charge in [0, 0.05) is 19.6 Å². The number of carbonyl (C=O) groups is 2. The minimum atomic E-state index is -0.815. The third-order valence-corrected chi connectivity index (χ3v) is 3.99. The molecule has 1 fully saturated rings. The smallest absolute Gasteiger partial charge is 0.317 e. The summed E-state index contributed by atoms with van der Waals surface area (Å²) < 4.78 is 0. The molecule has 5 nitrogen and oxygen atoms in total. The van der Waals surface area contributed by atoms with Crippen molar-refractivity contribution in [1.82, 2.24) is 10.2 Å². The van der Waals surface area contributed by atoms with Gasteiger partial charge in [0.2, 0.25) is 0 Å². The molecule has 114 valence electrons. The number of carboxylic acid groups (broad SMARTS) is 1. The highest BCUT2D eigenvalue weighted by Crippen LogP contribution is 2.17. The molecule has 1 aromatic carbocycles. The predicted molar refractivity (Wildman–Crippen MR) is 80.2 cm³/mol. The molecule has 1 aliphatic rings. The fourth-order valence-electron chi connectivity index (χ4n) is 2.61. The number of amides is 2. The molecule has 2 atom stereocenters. The fraction of sp³-hybridized carbons (Fsp3) is 0.500. The number of carbonyl (C=O) groups excluding carboxylic acids is 1. The molecule has 2 rings (SSSR count). The molecule has 0 spiro atoms. The molecule has 21 heavy (non-hydrogen) atoms. The van der Waals surface area contributed by atoms with Crippen molar-refractivity contribution in [2.75, 3.05) is 19.6 Å². The number of hydrogen-bond donors (Lipinski definition) is 2. The van der Waals surface area contributed by atoms with Crippen LogP contribution in [0.2, 0.25) is 0 Å². The Morgan fingerprint density at radius 3 is 2.76 bits per heavy atom. The Bertz CT molecular complexity index is 490. The van der Waals surface area contributed by atoms with Gasteiger partial charge in [0.1, 0.15) is 0 Å². The summed E-state index contributed by atoms with van der Waals surface area (Å²) in [5.74, 6) is -1.02. The molecule has 0 aliphatic carbocycles. The highest BCUT2D eigenvalue weighted by molar-refractivity contribution is 5.76. The Kier molecular flexibility index (Phi) is 5.20. The standard InChI is InChI=1S/C16H22N2O3/c1-12(13-6-3-2-4-7-13)10-17-16(21)18-9-5-8-14(11-18)15(19)20/h2-4,6-7,12,14H,5,8-11H2,1H3,(H,17,21)(H,19,20)/t12?,14-/m0/s1. The maximum Gasteiger partial charge on any atom is 0.317 e. The largest absolute Gasteiger partial charge is 0.481 e. The van der Waals surface area contributed by atoms with Gasteiger partial charge in [-0.2, -0.15) is 0 Å². The minimum Gasteiger partial charge on any atom is -0.481 e. The maximum atomic E-state index is 12.1. The van der Waals surface area contributed by atoms with Crippen LogP contribution in [0.3, 0.4) is 0 Å². The summed E-state index contributed by atoms with van der Waals surface area (Å²) in [4.78, 5) is 24.8. The van der Waals surface area contributed by atoms with Crippen molar-refractivity contribution < 1.29 is 14.7 Å². The van der Waals surface area contributed by atoms with E-state index in [9.17, 15) is 9.59 Å². The first kappa shape index (κ1) is 15.4. The minimum absolute atomic E-state index is 0.163. The molecule has 0 saturated carbocycles. The number of aliphatic carboxylic acids is 1. The summed E-state index contributed by atoms with van der Waals surface area (Å²) in [6.07, 6.45) is 1.40. The summed E-state index contributed by atoms with van der Waals surface area (Å²) in [6, 6.07) is 9.85. The summed E-state index contributed by atoms with van der Waals surface area (Å²) in [5.41, 5.74) is 1.18. The lowest BCUT2D eigenvalue weighted by atomic mass is 9.98. The number of nitrogens with one attached hydrogen (secondary N) is 1. The van der Waals surface area contributed by atoms with Crippen LogP contribution in [0.4, 0.5) is 4.79 Å². The summed E-state index contributed by atoms with van der Waals surface area (Å²) in [6.45, 7) is 3.55. The second kappa shape index (κ2) is 7.11. The number of nitrogens with zero attached hydrogens (tertiary/aromatic N) is 1. The van der Waals surface area contributed by atoms with E-state index in [1.807, 2.05) is 30.3 Å². The van der Waals surface area contributed by atoms with Crippen LogP contribution in [-0.4, -0.2) is 41.6 Å². The number of rotatable bonds is 4. The van der Waals surface area contributed by atoms with E-state index in [4.69, 9.17) is 5.11 Å². The zero-order valence-corrected chi connectivity index (χ0v) is 12.3. The van der Waals surface area contributed by atoms with Crippen molar-refractivity contribution in [3.8, 4) is 0 Å². The molecule has 0 radical (unpaired) electrons. The van der Waals surface area contributed by atoms with Crippen LogP contribution in [0, 0.1) is 5.92 Å². The molecular formula is C16H22N2O3. The van der Waals surface area contributed by atoms with Crippen LogP contribution in [-0.2, 0) is 4.79 Å². The van der Waals surface area contributed by atoms with Gasteiger partial charge in [-0.05, 0) is 24.3 Å². The zero-order chi connectivity index (χ0) is 15.2. The second-order valence-electron chi connectivity index (χ2n) is 5.62. The van der Waals surface area contributed by atoms with Crippen molar-refractivity contribution in [1.29, 1.82) is 0 Å². The van der Waals surface area contributed by atoms with E-state index in [0.29, 0.717) is 26.1 Å². The van der Waals surface area contributed by atoms with Crippen LogP contribution >= 0.6 is 0 Å². The zero-order valence-electron chi connectivity index (χ0n) is 12.3. The van der Waals surface area contributed by atoms with E-state index in [1.165, 1.54) is 5.56 Å². The molecule has 1 aromatic rings. The maximum absolute atomic E-state index is 12.1. The lowest BCUT2D eigenvalue weighted by Gasteiger charge is -2.31. The third-order valence-electron chi connectivity index (χ3n) is 3.99. The molecule has 1 saturated heterocycles. The first-order valence-electron chi connectivity index (χ1n) is 7.38. The van der Waals surface area contributed by atoms with Gasteiger partial charge in [0.05, 0.1) is 5.92 Å². The molecule has 1 unspecified atom stereocenters. The van der Waals surface area contributed by atoms with Crippen LogP contribution in [0.5, 0.6) is 0 Å². The Morgan fingerprint density at radius 1 is 1.38 bits per heavy atom. The van der Waals surface area contributed by atoms with E-state index in [2.05, 4.69) is 12.2 Å². The van der Waals surface area contributed by atoms with Gasteiger partial charge in [-0.15, -0.1) is 0 Å². The van der Waals surface area contributed by atoms with Crippen LogP contribution in [0.1, 0.15) is 31.2 Å². The number of likely N-dealkylation sites (tertiary alicyclic amines) is 1. The highest BCUT2D eigenvalue weighted by atomic mass is 16.4. The van der Waals surface area contributed by atoms with E-state index in [0.717, 1.165) is 6.42 Å². The SMILES string of the molecule is CC(CNC(=O)N1CCC[C@H](C(=O)O)C1)c1ccccc1. The third kappa shape index (κ3) is 4.21. The quantitative estimate of drug-likeness (QED) is 0.894. The van der Waals surface area contributed by atoms with E-state index in [1.54, 1.807) is 4.90 Å². The predicted octanol–water partition coefficient (Wildman–Crippen LogP) is 2.30. The first-order chi connectivity index (χ1) is 10.1. The van der Waals surface area contributed by atoms with E-state index >= 15 is 0 Å². The van der Waals surface area contributed by atoms with Crippen molar-refractivity contribution in [3.05, 3.63) is 35.9 Å². The molecule has 2 N–H and O–H groups in total. The highest BCUT2D eigenvalue weighted by Gasteiger charge is 2.28. The number of hydrogen-bond acceptors (Lipinski definition) is 2. The van der Waals surface area contributed by atoms with E-state index < -0.39 is 11.9 Å². The molecule has 2 amide bonds. The van der Waals surface area contributed by atoms with Gasteiger partial charge in [-0.25, -0.2) is 4.79 Å². The molecular weight excluding hydrogens is 268 g/mol. The van der Waals surface area contributed by atoms with Gasteiger partial charge in [0.25, 0.3) is 0 Å². The molecule has 1 aliphatic heterocycles. The van der Waals surface area contributed by atoms with Crippen molar-refractivity contribution in [3.63, 3.8) is 0 Å². The Hall–Kier alpha value is -2.04. The van der Waals surface area contributed by atoms with E-state index in [-0.39, 0.29) is 11.9 Å². The molecule has 1 heterocycles. The average molecular weight is 290 g/mol. The Labute approximate surface area is 125 Å². The monoisotopic (exact) mass is 290 g/mol. The summed E-state index contributed by atoms with van der Waals surface area (Å²) in [7, 11) is 0. The lowest BCUT2D eigenvalue weighted by molar-refractivity contribution is -0.143. The molecule has 0 aromatic heterocycles. The Balaban J connectivity index is 1.83. The second-order valence-corrected chi connectivity index (χ2v) is 5.62. The lowest BCUT2D eigenvalue weighted by Crippen LogP contribution is -2.47. The average Bonchev–Trinajstić information content (AvgIpc) is 2.53. The van der Waals surface area contributed by atoms with Crippen LogP contribution < -0.4 is 5.32 Å². The number of piperidine rings is 1. The topological polar surface area (TPSA) is 69.6 Å².